The third-order valence-corrected chi connectivity index (χ3v) is 5.02. The number of pyridine rings is 1. The minimum absolute atomic E-state index is 0.533. The number of imidazole rings is 1. The molecule has 2 unspecified atom stereocenters. The number of likely N-dealkylation sites (tertiary alicyclic amines) is 1. The van der Waals surface area contributed by atoms with Crippen LogP contribution in [0.5, 0.6) is 0 Å². The molecule has 0 aromatic carbocycles. The maximum Gasteiger partial charge on any atom is 0.160 e. The van der Waals surface area contributed by atoms with Crippen LogP contribution in [0.1, 0.15) is 31.0 Å². The number of rotatable bonds is 3. The molecule has 21 heavy (non-hydrogen) atoms. The Morgan fingerprint density at radius 3 is 3.10 bits per heavy atom. The Hall–Kier alpha value is -1.46. The van der Waals surface area contributed by atoms with Gasteiger partial charge in [0.25, 0.3) is 0 Å². The van der Waals surface area contributed by atoms with Crippen LogP contribution < -0.4 is 5.32 Å². The van der Waals surface area contributed by atoms with Gasteiger partial charge in [0, 0.05) is 31.2 Å². The van der Waals surface area contributed by atoms with Crippen LogP contribution in [0.25, 0.3) is 11.2 Å². The molecule has 2 fully saturated rings. The molecule has 0 amide bonds. The first kappa shape index (κ1) is 13.2. The third-order valence-electron chi connectivity index (χ3n) is 5.02. The van der Waals surface area contributed by atoms with E-state index in [-0.39, 0.29) is 0 Å². The van der Waals surface area contributed by atoms with E-state index < -0.39 is 0 Å². The molecule has 0 radical (unpaired) electrons. The Kier molecular flexibility index (Phi) is 3.39. The fourth-order valence-corrected chi connectivity index (χ4v) is 3.76. The van der Waals surface area contributed by atoms with Crippen molar-refractivity contribution in [1.29, 1.82) is 0 Å². The van der Waals surface area contributed by atoms with E-state index in [2.05, 4.69) is 32.9 Å². The number of hydrogen-bond acceptors (Lipinski definition) is 4. The van der Waals surface area contributed by atoms with Crippen molar-refractivity contribution in [1.82, 2.24) is 24.8 Å². The van der Waals surface area contributed by atoms with E-state index in [0.29, 0.717) is 12.0 Å². The summed E-state index contributed by atoms with van der Waals surface area (Å²) in [6.45, 7) is 4.38. The summed E-state index contributed by atoms with van der Waals surface area (Å²) in [4.78, 5) is 12.0. The molecule has 2 aromatic heterocycles. The largest absolute Gasteiger partial charge is 0.316 e. The number of nitrogens with zero attached hydrogens (tertiary/aromatic N) is 4. The van der Waals surface area contributed by atoms with E-state index >= 15 is 0 Å². The van der Waals surface area contributed by atoms with Gasteiger partial charge < -0.3 is 14.8 Å². The Labute approximate surface area is 125 Å². The predicted molar refractivity (Wildman–Crippen MR) is 83.4 cm³/mol. The van der Waals surface area contributed by atoms with Crippen LogP contribution in [0.4, 0.5) is 0 Å². The predicted octanol–water partition coefficient (Wildman–Crippen LogP) is 1.60. The van der Waals surface area contributed by atoms with Gasteiger partial charge in [0.2, 0.25) is 0 Å². The summed E-state index contributed by atoms with van der Waals surface area (Å²) in [5, 5.41) is 3.46. The molecule has 0 bridgehead atoms. The summed E-state index contributed by atoms with van der Waals surface area (Å²) in [7, 11) is 2.24. The van der Waals surface area contributed by atoms with Crippen molar-refractivity contribution < 1.29 is 0 Å². The summed E-state index contributed by atoms with van der Waals surface area (Å²) < 4.78 is 2.39. The van der Waals surface area contributed by atoms with Gasteiger partial charge in [-0.1, -0.05) is 0 Å². The Morgan fingerprint density at radius 1 is 1.38 bits per heavy atom. The summed E-state index contributed by atoms with van der Waals surface area (Å²) in [6, 6.07) is 4.69. The second-order valence-corrected chi connectivity index (χ2v) is 6.39. The molecule has 2 atom stereocenters. The van der Waals surface area contributed by atoms with Crippen molar-refractivity contribution in [3.8, 4) is 0 Å². The zero-order valence-electron chi connectivity index (χ0n) is 12.6. The highest BCUT2D eigenvalue weighted by atomic mass is 15.2. The standard InChI is InChI=1S/C16H23N5/c1-20-9-3-4-13(20)11-21-15(12-6-8-17-10-12)19-14-5-2-7-18-16(14)21/h2,5,7,12-13,17H,3-4,6,8-11H2,1H3. The Morgan fingerprint density at radius 2 is 2.33 bits per heavy atom. The first-order valence-electron chi connectivity index (χ1n) is 8.05. The van der Waals surface area contributed by atoms with Crippen molar-refractivity contribution in [2.45, 2.75) is 37.8 Å². The molecule has 5 nitrogen and oxygen atoms in total. The van der Waals surface area contributed by atoms with E-state index in [1.165, 1.54) is 31.6 Å². The van der Waals surface area contributed by atoms with Gasteiger partial charge in [-0.05, 0) is 51.5 Å². The van der Waals surface area contributed by atoms with Crippen LogP contribution in [-0.2, 0) is 6.54 Å². The van der Waals surface area contributed by atoms with Gasteiger partial charge in [0.15, 0.2) is 5.65 Å². The monoisotopic (exact) mass is 285 g/mol. The normalized spacial score (nSPS) is 26.9. The topological polar surface area (TPSA) is 46.0 Å². The highest BCUT2D eigenvalue weighted by Gasteiger charge is 2.27. The average Bonchev–Trinajstić information content (AvgIpc) is 3.21. The number of fused-ring (bicyclic) bond motifs is 1. The van der Waals surface area contributed by atoms with Crippen LogP contribution in [-0.4, -0.2) is 52.2 Å². The molecule has 1 N–H and O–H groups in total. The van der Waals surface area contributed by atoms with Crippen molar-refractivity contribution in [2.75, 3.05) is 26.7 Å². The van der Waals surface area contributed by atoms with E-state index in [1.807, 2.05) is 12.3 Å². The van der Waals surface area contributed by atoms with E-state index in [9.17, 15) is 0 Å². The fraction of sp³-hybridized carbons (Fsp3) is 0.625. The number of likely N-dealkylation sites (N-methyl/N-ethyl adjacent to an activating group) is 1. The first-order chi connectivity index (χ1) is 10.3. The zero-order valence-corrected chi connectivity index (χ0v) is 12.6. The van der Waals surface area contributed by atoms with Crippen molar-refractivity contribution in [2.24, 2.45) is 0 Å². The van der Waals surface area contributed by atoms with Gasteiger partial charge in [-0.3, -0.25) is 0 Å². The molecule has 0 saturated carbocycles. The highest BCUT2D eigenvalue weighted by molar-refractivity contribution is 5.71. The van der Waals surface area contributed by atoms with Gasteiger partial charge >= 0.3 is 0 Å². The lowest BCUT2D eigenvalue weighted by atomic mass is 10.1. The van der Waals surface area contributed by atoms with Crippen LogP contribution in [0, 0.1) is 0 Å². The van der Waals surface area contributed by atoms with Crippen molar-refractivity contribution >= 4 is 11.2 Å². The quantitative estimate of drug-likeness (QED) is 0.930. The minimum Gasteiger partial charge on any atom is -0.316 e. The summed E-state index contributed by atoms with van der Waals surface area (Å²) >= 11 is 0. The lowest BCUT2D eigenvalue weighted by Gasteiger charge is -2.22. The number of aromatic nitrogens is 3. The summed E-state index contributed by atoms with van der Waals surface area (Å²) in [5.41, 5.74) is 2.10. The molecule has 2 aromatic rings. The van der Waals surface area contributed by atoms with Gasteiger partial charge in [0.05, 0.1) is 0 Å². The lowest BCUT2D eigenvalue weighted by Crippen LogP contribution is -2.30. The molecular weight excluding hydrogens is 262 g/mol. The van der Waals surface area contributed by atoms with Crippen LogP contribution >= 0.6 is 0 Å². The van der Waals surface area contributed by atoms with E-state index in [1.54, 1.807) is 0 Å². The molecule has 4 heterocycles. The summed E-state index contributed by atoms with van der Waals surface area (Å²) in [6.07, 6.45) is 5.66. The van der Waals surface area contributed by atoms with Crippen LogP contribution in [0.3, 0.4) is 0 Å². The molecule has 0 spiro atoms. The maximum atomic E-state index is 4.90. The molecule has 2 aliphatic rings. The summed E-state index contributed by atoms with van der Waals surface area (Å²) in [5.74, 6) is 1.76. The maximum absolute atomic E-state index is 4.90. The molecule has 4 rings (SSSR count). The van der Waals surface area contributed by atoms with E-state index in [4.69, 9.17) is 4.98 Å². The van der Waals surface area contributed by atoms with Gasteiger partial charge in [0.1, 0.15) is 11.3 Å². The zero-order chi connectivity index (χ0) is 14.2. The molecule has 112 valence electrons. The van der Waals surface area contributed by atoms with Gasteiger partial charge in [-0.15, -0.1) is 0 Å². The fourth-order valence-electron chi connectivity index (χ4n) is 3.76. The second kappa shape index (κ2) is 5.39. The minimum atomic E-state index is 0.533. The average molecular weight is 285 g/mol. The van der Waals surface area contributed by atoms with Crippen molar-refractivity contribution in [3.05, 3.63) is 24.2 Å². The third kappa shape index (κ3) is 2.34. The SMILES string of the molecule is CN1CCCC1Cn1c(C2CCNC2)nc2cccnc21. The number of nitrogens with one attached hydrogen (secondary N) is 1. The highest BCUT2D eigenvalue weighted by Crippen LogP contribution is 2.27. The molecule has 0 aliphatic carbocycles. The Balaban J connectivity index is 1.74. The second-order valence-electron chi connectivity index (χ2n) is 6.39. The Bertz CT molecular complexity index is 629. The molecule has 2 aliphatic heterocycles. The number of hydrogen-bond donors (Lipinski definition) is 1. The lowest BCUT2D eigenvalue weighted by molar-refractivity contribution is 0.280. The first-order valence-corrected chi connectivity index (χ1v) is 8.05. The van der Waals surface area contributed by atoms with Crippen LogP contribution in [0.15, 0.2) is 18.3 Å². The van der Waals surface area contributed by atoms with Crippen molar-refractivity contribution in [3.63, 3.8) is 0 Å². The van der Waals surface area contributed by atoms with Gasteiger partial charge in [-0.2, -0.15) is 0 Å². The van der Waals surface area contributed by atoms with Crippen LogP contribution in [0.2, 0.25) is 0 Å². The van der Waals surface area contributed by atoms with E-state index in [0.717, 1.165) is 30.8 Å². The smallest absolute Gasteiger partial charge is 0.160 e. The molecular formula is C16H23N5. The van der Waals surface area contributed by atoms with Gasteiger partial charge in [-0.25, -0.2) is 9.97 Å². The molecule has 2 saturated heterocycles. The molecule has 5 heteroatoms.